The van der Waals surface area contributed by atoms with Gasteiger partial charge in [0.2, 0.25) is 0 Å². The van der Waals surface area contributed by atoms with Crippen molar-refractivity contribution in [3.63, 3.8) is 0 Å². The maximum atomic E-state index is 12.8. The van der Waals surface area contributed by atoms with Gasteiger partial charge in [-0.3, -0.25) is 0 Å². The minimum Gasteiger partial charge on any atom is -0.306 e. The lowest BCUT2D eigenvalue weighted by atomic mass is 10.2. The molecule has 0 aliphatic carbocycles. The Balaban J connectivity index is 2.54. The van der Waals surface area contributed by atoms with E-state index in [1.165, 1.54) is 12.4 Å². The van der Waals surface area contributed by atoms with Gasteiger partial charge in [-0.1, -0.05) is 17.8 Å². The monoisotopic (exact) mass is 268 g/mol. The Labute approximate surface area is 105 Å². The minimum atomic E-state index is -4.32. The molecule has 0 saturated carbocycles. The van der Waals surface area contributed by atoms with Gasteiger partial charge in [0.15, 0.2) is 0 Å². The Bertz CT molecular complexity index is 561. The van der Waals surface area contributed by atoms with E-state index in [0.717, 1.165) is 11.8 Å². The first kappa shape index (κ1) is 12.9. The first-order chi connectivity index (χ1) is 8.40. The zero-order valence-electron chi connectivity index (χ0n) is 9.92. The van der Waals surface area contributed by atoms with Gasteiger partial charge in [-0.25, -0.2) is 4.98 Å². The van der Waals surface area contributed by atoms with E-state index in [4.69, 9.17) is 0 Å². The van der Waals surface area contributed by atoms with Gasteiger partial charge < -0.3 is 4.57 Å². The predicted molar refractivity (Wildman–Crippen MR) is 64.6 cm³/mol. The summed E-state index contributed by atoms with van der Waals surface area (Å²) in [5.74, 6) is 0. The Morgan fingerprint density at radius 1 is 1.22 bits per heavy atom. The molecule has 0 atom stereocenters. The van der Waals surface area contributed by atoms with Gasteiger partial charge in [-0.2, -0.15) is 13.2 Å². The third-order valence-electron chi connectivity index (χ3n) is 2.54. The molecule has 2 nitrogen and oxygen atoms in total. The highest BCUT2D eigenvalue weighted by atomic mass is 28.2. The van der Waals surface area contributed by atoms with E-state index >= 15 is 0 Å². The molecule has 6 heteroatoms. The van der Waals surface area contributed by atoms with Crippen LogP contribution in [0.3, 0.4) is 0 Å². The number of imidazole rings is 1. The van der Waals surface area contributed by atoms with E-state index in [-0.39, 0.29) is 0 Å². The van der Waals surface area contributed by atoms with E-state index < -0.39 is 11.7 Å². The Hall–Kier alpha value is -1.56. The van der Waals surface area contributed by atoms with Crippen LogP contribution in [0, 0.1) is 6.92 Å². The Kier molecular flexibility index (Phi) is 3.29. The third kappa shape index (κ3) is 2.64. The van der Waals surface area contributed by atoms with Crippen molar-refractivity contribution in [2.75, 3.05) is 0 Å². The fourth-order valence-corrected chi connectivity index (χ4v) is 2.22. The number of benzene rings is 1. The van der Waals surface area contributed by atoms with Crippen molar-refractivity contribution >= 4 is 14.7 Å². The van der Waals surface area contributed by atoms with E-state index in [0.29, 0.717) is 20.4 Å². The molecule has 18 heavy (non-hydrogen) atoms. The molecule has 1 aromatic carbocycles. The summed E-state index contributed by atoms with van der Waals surface area (Å²) < 4.78 is 40.0. The molecule has 0 spiro atoms. The van der Waals surface area contributed by atoms with Gasteiger partial charge in [0.1, 0.15) is 0 Å². The van der Waals surface area contributed by atoms with Crippen LogP contribution in [0.1, 0.15) is 11.3 Å². The van der Waals surface area contributed by atoms with Crippen LogP contribution in [0.15, 0.2) is 30.7 Å². The third-order valence-corrected chi connectivity index (χ3v) is 3.41. The molecule has 2 rings (SSSR count). The molecular formula is C12H11F3N2Si. The fourth-order valence-electron chi connectivity index (χ4n) is 1.63. The smallest absolute Gasteiger partial charge is 0.306 e. The molecule has 0 N–H and O–H groups in total. The lowest BCUT2D eigenvalue weighted by molar-refractivity contribution is -0.137. The van der Waals surface area contributed by atoms with Gasteiger partial charge in [0.25, 0.3) is 0 Å². The first-order valence-corrected chi connectivity index (χ1v) is 6.81. The standard InChI is InChI=1S/C12H11F3N2Si/c1-8-6-17(7-16-8)10-3-9(12(13,14)15)4-11(5-10)18-2/h3-7H,1-2H3. The Morgan fingerprint density at radius 3 is 2.44 bits per heavy atom. The molecule has 0 aliphatic rings. The highest BCUT2D eigenvalue weighted by Gasteiger charge is 2.31. The summed E-state index contributed by atoms with van der Waals surface area (Å²) in [6.07, 6.45) is -1.09. The van der Waals surface area contributed by atoms with Crippen molar-refractivity contribution < 1.29 is 13.2 Å². The van der Waals surface area contributed by atoms with Crippen molar-refractivity contribution in [3.8, 4) is 5.69 Å². The van der Waals surface area contributed by atoms with Crippen molar-refractivity contribution in [2.24, 2.45) is 0 Å². The molecule has 0 aliphatic heterocycles. The SMILES string of the molecule is C[Si]c1cc(-n2cnc(C)c2)cc(C(F)(F)F)c1. The van der Waals surface area contributed by atoms with Crippen LogP contribution in [0.25, 0.3) is 5.69 Å². The normalized spacial score (nSPS) is 11.8. The van der Waals surface area contributed by atoms with Crippen LogP contribution in [-0.2, 0) is 6.18 Å². The predicted octanol–water partition coefficient (Wildman–Crippen LogP) is 2.58. The molecule has 0 amide bonds. The largest absolute Gasteiger partial charge is 0.416 e. The molecule has 2 aromatic rings. The van der Waals surface area contributed by atoms with Gasteiger partial charge in [0, 0.05) is 11.9 Å². The van der Waals surface area contributed by atoms with Crippen LogP contribution < -0.4 is 5.19 Å². The van der Waals surface area contributed by atoms with E-state index in [2.05, 4.69) is 4.98 Å². The maximum absolute atomic E-state index is 12.8. The van der Waals surface area contributed by atoms with Crippen molar-refractivity contribution in [2.45, 2.75) is 19.6 Å². The van der Waals surface area contributed by atoms with E-state index in [1.807, 2.05) is 6.55 Å². The maximum Gasteiger partial charge on any atom is 0.416 e. The number of halogens is 3. The molecule has 0 unspecified atom stereocenters. The Morgan fingerprint density at radius 2 is 1.94 bits per heavy atom. The average Bonchev–Trinajstić information content (AvgIpc) is 2.74. The first-order valence-electron chi connectivity index (χ1n) is 5.31. The molecular weight excluding hydrogens is 257 g/mol. The summed E-state index contributed by atoms with van der Waals surface area (Å²) in [5.41, 5.74) is 0.651. The molecule has 0 bridgehead atoms. The number of nitrogens with zero attached hydrogens (tertiary/aromatic N) is 2. The fraction of sp³-hybridized carbons (Fsp3) is 0.250. The molecule has 0 saturated heterocycles. The molecule has 0 fully saturated rings. The van der Waals surface area contributed by atoms with Gasteiger partial charge in [0.05, 0.1) is 27.1 Å². The number of hydrogen-bond acceptors (Lipinski definition) is 1. The summed E-state index contributed by atoms with van der Waals surface area (Å²) in [5, 5.41) is 0.686. The highest BCUT2D eigenvalue weighted by molar-refractivity contribution is 6.52. The van der Waals surface area contributed by atoms with Crippen LogP contribution in [-0.4, -0.2) is 19.1 Å². The molecule has 94 valence electrons. The summed E-state index contributed by atoms with van der Waals surface area (Å²) >= 11 is 0. The summed E-state index contributed by atoms with van der Waals surface area (Å²) in [6.45, 7) is 3.66. The van der Waals surface area contributed by atoms with Crippen LogP contribution in [0.5, 0.6) is 0 Å². The molecule has 1 aromatic heterocycles. The van der Waals surface area contributed by atoms with Crippen molar-refractivity contribution in [3.05, 3.63) is 42.0 Å². The second kappa shape index (κ2) is 4.60. The summed E-state index contributed by atoms with van der Waals surface area (Å²) in [4.78, 5) is 4.02. The number of alkyl halides is 3. The topological polar surface area (TPSA) is 17.8 Å². The van der Waals surface area contributed by atoms with Gasteiger partial charge in [-0.05, 0) is 19.1 Å². The second-order valence-electron chi connectivity index (χ2n) is 3.94. The quantitative estimate of drug-likeness (QED) is 0.765. The van der Waals surface area contributed by atoms with E-state index in [9.17, 15) is 13.2 Å². The lowest BCUT2D eigenvalue weighted by Crippen LogP contribution is -2.17. The highest BCUT2D eigenvalue weighted by Crippen LogP contribution is 2.29. The van der Waals surface area contributed by atoms with Crippen molar-refractivity contribution in [1.82, 2.24) is 9.55 Å². The summed E-state index contributed by atoms with van der Waals surface area (Å²) in [7, 11) is 0.320. The number of rotatable bonds is 2. The minimum absolute atomic E-state index is 0.320. The van der Waals surface area contributed by atoms with Crippen LogP contribution in [0.4, 0.5) is 13.2 Å². The average molecular weight is 268 g/mol. The summed E-state index contributed by atoms with van der Waals surface area (Å²) in [6, 6.07) is 4.10. The second-order valence-corrected chi connectivity index (χ2v) is 5.02. The lowest BCUT2D eigenvalue weighted by Gasteiger charge is -2.11. The van der Waals surface area contributed by atoms with Gasteiger partial charge >= 0.3 is 6.18 Å². The van der Waals surface area contributed by atoms with Crippen LogP contribution in [0.2, 0.25) is 6.55 Å². The molecule has 1 heterocycles. The van der Waals surface area contributed by atoms with E-state index in [1.54, 1.807) is 23.8 Å². The number of aryl methyl sites for hydroxylation is 1. The number of aromatic nitrogens is 2. The molecule has 2 radical (unpaired) electrons. The van der Waals surface area contributed by atoms with Gasteiger partial charge in [-0.15, -0.1) is 0 Å². The van der Waals surface area contributed by atoms with Crippen molar-refractivity contribution in [1.29, 1.82) is 0 Å². The number of hydrogen-bond donors (Lipinski definition) is 0. The zero-order chi connectivity index (χ0) is 13.3. The van der Waals surface area contributed by atoms with Crippen LogP contribution >= 0.6 is 0 Å². The zero-order valence-corrected chi connectivity index (χ0v) is 10.9.